The molecule has 0 atom stereocenters. The van der Waals surface area contributed by atoms with E-state index >= 15 is 0 Å². The van der Waals surface area contributed by atoms with E-state index < -0.39 is 0 Å². The van der Waals surface area contributed by atoms with Gasteiger partial charge < -0.3 is 0 Å². The SMILES string of the molecule is CCCCC[C@H]1CC[C@H](/C=C/C#C[C@H]2CC[C@H](CCCC)CC2)CC1. The van der Waals surface area contributed by atoms with Crippen LogP contribution in [0.25, 0.3) is 0 Å². The third-order valence-corrected chi connectivity index (χ3v) is 6.66. The molecule has 2 aliphatic rings. The second-order valence-corrected chi connectivity index (χ2v) is 8.78. The third kappa shape index (κ3) is 8.48. The molecule has 0 aromatic carbocycles. The Morgan fingerprint density at radius 1 is 0.720 bits per heavy atom. The predicted octanol–water partition coefficient (Wildman–Crippen LogP) is 7.93. The fourth-order valence-electron chi connectivity index (χ4n) is 4.79. The molecule has 0 nitrogen and oxygen atoms in total. The van der Waals surface area contributed by atoms with Gasteiger partial charge in [0.1, 0.15) is 0 Å². The van der Waals surface area contributed by atoms with Crippen LogP contribution >= 0.6 is 0 Å². The van der Waals surface area contributed by atoms with Crippen molar-refractivity contribution in [2.45, 2.75) is 110 Å². The highest BCUT2D eigenvalue weighted by Gasteiger charge is 2.20. The van der Waals surface area contributed by atoms with Crippen LogP contribution in [0.1, 0.15) is 110 Å². The summed E-state index contributed by atoms with van der Waals surface area (Å²) >= 11 is 0. The van der Waals surface area contributed by atoms with Crippen LogP contribution in [0.5, 0.6) is 0 Å². The second kappa shape index (κ2) is 12.6. The van der Waals surface area contributed by atoms with Gasteiger partial charge in [-0.05, 0) is 75.2 Å². The molecule has 0 aliphatic heterocycles. The molecule has 25 heavy (non-hydrogen) atoms. The van der Waals surface area contributed by atoms with Crippen LogP contribution in [0.2, 0.25) is 0 Å². The smallest absolute Gasteiger partial charge is 0.0206 e. The zero-order valence-corrected chi connectivity index (χ0v) is 17.1. The van der Waals surface area contributed by atoms with Gasteiger partial charge in [-0.1, -0.05) is 76.7 Å². The summed E-state index contributed by atoms with van der Waals surface area (Å²) in [7, 11) is 0. The van der Waals surface area contributed by atoms with E-state index in [4.69, 9.17) is 0 Å². The lowest BCUT2D eigenvalue weighted by Crippen LogP contribution is -2.13. The van der Waals surface area contributed by atoms with Crippen molar-refractivity contribution in [3.63, 3.8) is 0 Å². The lowest BCUT2D eigenvalue weighted by molar-refractivity contribution is 0.289. The number of hydrogen-bond donors (Lipinski definition) is 0. The van der Waals surface area contributed by atoms with Gasteiger partial charge in [-0.15, -0.1) is 0 Å². The van der Waals surface area contributed by atoms with Crippen LogP contribution in [0, 0.1) is 35.5 Å². The lowest BCUT2D eigenvalue weighted by Gasteiger charge is -2.26. The van der Waals surface area contributed by atoms with E-state index in [9.17, 15) is 0 Å². The number of allylic oxidation sites excluding steroid dienone is 2. The van der Waals surface area contributed by atoms with Crippen molar-refractivity contribution in [3.8, 4) is 11.8 Å². The van der Waals surface area contributed by atoms with Gasteiger partial charge in [0.25, 0.3) is 0 Å². The molecule has 0 unspecified atom stereocenters. The van der Waals surface area contributed by atoms with Gasteiger partial charge in [-0.2, -0.15) is 0 Å². The Kier molecular flexibility index (Phi) is 10.4. The summed E-state index contributed by atoms with van der Waals surface area (Å²) in [4.78, 5) is 0. The first-order valence-electron chi connectivity index (χ1n) is 11.5. The van der Waals surface area contributed by atoms with Gasteiger partial charge in [0, 0.05) is 5.92 Å². The van der Waals surface area contributed by atoms with Crippen molar-refractivity contribution >= 4 is 0 Å². The van der Waals surface area contributed by atoms with Gasteiger partial charge in [-0.3, -0.25) is 0 Å². The molecule has 0 aromatic rings. The summed E-state index contributed by atoms with van der Waals surface area (Å²) in [6.45, 7) is 4.61. The maximum Gasteiger partial charge on any atom is 0.0206 e. The average molecular weight is 343 g/mol. The molecule has 0 heteroatoms. The van der Waals surface area contributed by atoms with Crippen molar-refractivity contribution in [1.82, 2.24) is 0 Å². The fourth-order valence-corrected chi connectivity index (χ4v) is 4.79. The van der Waals surface area contributed by atoms with Crippen LogP contribution in [0.3, 0.4) is 0 Å². The first-order valence-corrected chi connectivity index (χ1v) is 11.5. The molecular weight excluding hydrogens is 300 g/mol. The van der Waals surface area contributed by atoms with Crippen LogP contribution < -0.4 is 0 Å². The summed E-state index contributed by atoms with van der Waals surface area (Å²) in [5.41, 5.74) is 0. The molecular formula is C25H42. The van der Waals surface area contributed by atoms with Crippen LogP contribution in [-0.2, 0) is 0 Å². The summed E-state index contributed by atoms with van der Waals surface area (Å²) in [5, 5.41) is 0. The Morgan fingerprint density at radius 2 is 1.32 bits per heavy atom. The summed E-state index contributed by atoms with van der Waals surface area (Å²) in [5.74, 6) is 10.4. The first-order chi connectivity index (χ1) is 12.3. The number of rotatable bonds is 8. The molecule has 2 fully saturated rings. The van der Waals surface area contributed by atoms with E-state index in [-0.39, 0.29) is 0 Å². The molecule has 0 spiro atoms. The van der Waals surface area contributed by atoms with Crippen LogP contribution in [0.4, 0.5) is 0 Å². The summed E-state index contributed by atoms with van der Waals surface area (Å²) in [6.07, 6.45) is 25.8. The minimum atomic E-state index is 0.678. The molecule has 0 aromatic heterocycles. The first kappa shape index (κ1) is 20.6. The zero-order valence-electron chi connectivity index (χ0n) is 17.1. The largest absolute Gasteiger partial charge is 0.0951 e. The molecule has 0 N–H and O–H groups in total. The van der Waals surface area contributed by atoms with Crippen molar-refractivity contribution in [3.05, 3.63) is 12.2 Å². The van der Waals surface area contributed by atoms with Crippen molar-refractivity contribution < 1.29 is 0 Å². The van der Waals surface area contributed by atoms with Crippen molar-refractivity contribution in [2.75, 3.05) is 0 Å². The van der Waals surface area contributed by atoms with Gasteiger partial charge in [0.15, 0.2) is 0 Å². The molecule has 0 saturated heterocycles. The Bertz CT molecular complexity index is 405. The van der Waals surface area contributed by atoms with E-state index in [1.807, 2.05) is 0 Å². The molecule has 2 rings (SSSR count). The average Bonchev–Trinajstić information content (AvgIpc) is 2.66. The molecule has 0 bridgehead atoms. The Balaban J connectivity index is 1.59. The van der Waals surface area contributed by atoms with E-state index in [1.54, 1.807) is 0 Å². The van der Waals surface area contributed by atoms with Crippen molar-refractivity contribution in [1.29, 1.82) is 0 Å². The van der Waals surface area contributed by atoms with Gasteiger partial charge in [-0.25, -0.2) is 0 Å². The quantitative estimate of drug-likeness (QED) is 0.310. The van der Waals surface area contributed by atoms with E-state index in [0.717, 1.165) is 17.8 Å². The Labute approximate surface area is 158 Å². The molecule has 0 amide bonds. The van der Waals surface area contributed by atoms with E-state index in [2.05, 4.69) is 37.8 Å². The zero-order chi connectivity index (χ0) is 17.7. The predicted molar refractivity (Wildman–Crippen MR) is 111 cm³/mol. The highest BCUT2D eigenvalue weighted by Crippen LogP contribution is 2.33. The minimum Gasteiger partial charge on any atom is -0.0951 e. The molecule has 2 saturated carbocycles. The molecule has 0 radical (unpaired) electrons. The number of hydrogen-bond acceptors (Lipinski definition) is 0. The van der Waals surface area contributed by atoms with E-state index in [1.165, 1.54) is 96.3 Å². The monoisotopic (exact) mass is 342 g/mol. The summed E-state index contributed by atoms with van der Waals surface area (Å²) in [6, 6.07) is 0. The minimum absolute atomic E-state index is 0.678. The maximum atomic E-state index is 3.54. The van der Waals surface area contributed by atoms with Crippen LogP contribution in [0.15, 0.2) is 12.2 Å². The third-order valence-electron chi connectivity index (χ3n) is 6.66. The van der Waals surface area contributed by atoms with Crippen LogP contribution in [-0.4, -0.2) is 0 Å². The Morgan fingerprint density at radius 3 is 1.96 bits per heavy atom. The standard InChI is InChI=1S/C25H42/c1-3-5-7-11-23-18-20-25(21-19-23)13-9-8-12-24-16-14-22(15-17-24)10-6-4-2/h9,13,22-25H,3-7,10-11,14-21H2,1-2H3/b13-9+/t22-,23-,24-,25-. The van der Waals surface area contributed by atoms with E-state index in [0.29, 0.717) is 5.92 Å². The van der Waals surface area contributed by atoms with Crippen molar-refractivity contribution in [2.24, 2.45) is 23.7 Å². The van der Waals surface area contributed by atoms with Gasteiger partial charge >= 0.3 is 0 Å². The molecule has 142 valence electrons. The highest BCUT2D eigenvalue weighted by molar-refractivity contribution is 5.18. The fraction of sp³-hybridized carbons (Fsp3) is 0.840. The second-order valence-electron chi connectivity index (χ2n) is 8.78. The highest BCUT2D eigenvalue weighted by atomic mass is 14.2. The number of unbranched alkanes of at least 4 members (excludes halogenated alkanes) is 3. The normalized spacial score (nSPS) is 30.2. The topological polar surface area (TPSA) is 0 Å². The molecule has 0 heterocycles. The molecule has 2 aliphatic carbocycles. The van der Waals surface area contributed by atoms with Gasteiger partial charge in [0.05, 0.1) is 0 Å². The maximum absolute atomic E-state index is 3.54. The summed E-state index contributed by atoms with van der Waals surface area (Å²) < 4.78 is 0. The van der Waals surface area contributed by atoms with Gasteiger partial charge in [0.2, 0.25) is 0 Å². The lowest BCUT2D eigenvalue weighted by atomic mass is 9.79. The Hall–Kier alpha value is -0.700.